The van der Waals surface area contributed by atoms with Crippen LogP contribution in [0.3, 0.4) is 0 Å². The van der Waals surface area contributed by atoms with Crippen LogP contribution in [0.2, 0.25) is 0 Å². The normalized spacial score (nSPS) is 15.8. The number of nitro benzene ring substituents is 1. The molecule has 0 saturated heterocycles. The third-order valence-electron chi connectivity index (χ3n) is 5.49. The quantitative estimate of drug-likeness (QED) is 0.239. The number of aromatic nitrogens is 2. The van der Waals surface area contributed by atoms with E-state index in [-0.39, 0.29) is 23.3 Å². The molecule has 4 rings (SSSR count). The highest BCUT2D eigenvalue weighted by atomic mass is 16.6. The maximum absolute atomic E-state index is 13.2. The summed E-state index contributed by atoms with van der Waals surface area (Å²) < 4.78 is 0. The Morgan fingerprint density at radius 1 is 1.18 bits per heavy atom. The van der Waals surface area contributed by atoms with E-state index in [2.05, 4.69) is 15.3 Å². The van der Waals surface area contributed by atoms with Crippen molar-refractivity contribution in [2.24, 2.45) is 0 Å². The molecule has 1 unspecified atom stereocenters. The molecule has 3 aromatic rings. The number of nitrogens with one attached hydrogen (secondary N) is 3. The smallest absolute Gasteiger partial charge is 0.323 e. The van der Waals surface area contributed by atoms with Gasteiger partial charge in [-0.15, -0.1) is 0 Å². The SMILES string of the molecule is O=C(O)CN1C(=O)C(NCc2cc([N+](=O)[O-])cc3[nH]c(=O)c(=O)[nH]c23)CCc2ccccc21. The average molecular weight is 453 g/mol. The number of carboxylic acids is 1. The molecule has 0 bridgehead atoms. The summed E-state index contributed by atoms with van der Waals surface area (Å²) in [6.07, 6.45) is 0.877. The van der Waals surface area contributed by atoms with Gasteiger partial charge in [-0.1, -0.05) is 18.2 Å². The second kappa shape index (κ2) is 8.67. The summed E-state index contributed by atoms with van der Waals surface area (Å²) in [7, 11) is 0. The molecule has 170 valence electrons. The molecule has 2 aromatic carbocycles. The van der Waals surface area contributed by atoms with Gasteiger partial charge in [-0.2, -0.15) is 0 Å². The summed E-state index contributed by atoms with van der Waals surface area (Å²) in [5.74, 6) is -1.61. The number of carbonyl (C=O) groups is 2. The zero-order valence-electron chi connectivity index (χ0n) is 17.2. The Morgan fingerprint density at radius 2 is 1.91 bits per heavy atom. The van der Waals surface area contributed by atoms with Gasteiger partial charge in [-0.3, -0.25) is 34.2 Å². The first-order chi connectivity index (χ1) is 15.7. The van der Waals surface area contributed by atoms with Crippen molar-refractivity contribution < 1.29 is 19.6 Å². The summed E-state index contributed by atoms with van der Waals surface area (Å²) in [5.41, 5.74) is -0.215. The molecule has 1 atom stereocenters. The lowest BCUT2D eigenvalue weighted by molar-refractivity contribution is -0.384. The Bertz CT molecular complexity index is 1390. The van der Waals surface area contributed by atoms with Crippen LogP contribution in [-0.4, -0.2) is 44.5 Å². The first-order valence-electron chi connectivity index (χ1n) is 10.0. The molecule has 2 heterocycles. The highest BCUT2D eigenvalue weighted by Gasteiger charge is 2.31. The minimum atomic E-state index is -1.16. The van der Waals surface area contributed by atoms with Gasteiger partial charge in [0.1, 0.15) is 6.54 Å². The Morgan fingerprint density at radius 3 is 2.64 bits per heavy atom. The number of para-hydroxylation sites is 1. The van der Waals surface area contributed by atoms with Crippen molar-refractivity contribution in [3.05, 3.63) is 78.3 Å². The van der Waals surface area contributed by atoms with E-state index < -0.39 is 40.5 Å². The van der Waals surface area contributed by atoms with E-state index in [1.54, 1.807) is 12.1 Å². The van der Waals surface area contributed by atoms with E-state index >= 15 is 0 Å². The lowest BCUT2D eigenvalue weighted by Gasteiger charge is -2.25. The number of H-pyrrole nitrogens is 2. The molecule has 1 aliphatic heterocycles. The van der Waals surface area contributed by atoms with Gasteiger partial charge >= 0.3 is 17.1 Å². The van der Waals surface area contributed by atoms with Gasteiger partial charge in [-0.05, 0) is 30.0 Å². The zero-order chi connectivity index (χ0) is 23.7. The summed E-state index contributed by atoms with van der Waals surface area (Å²) in [6.45, 7) is -0.559. The summed E-state index contributed by atoms with van der Waals surface area (Å²) >= 11 is 0. The number of aliphatic carboxylic acids is 1. The van der Waals surface area contributed by atoms with Gasteiger partial charge < -0.3 is 20.4 Å². The van der Waals surface area contributed by atoms with Crippen LogP contribution in [0.4, 0.5) is 11.4 Å². The van der Waals surface area contributed by atoms with Crippen LogP contribution in [0.1, 0.15) is 17.5 Å². The average Bonchev–Trinajstić information content (AvgIpc) is 2.90. The Balaban J connectivity index is 1.67. The number of carboxylic acid groups (broad SMARTS) is 1. The van der Waals surface area contributed by atoms with Gasteiger partial charge in [0.05, 0.1) is 22.0 Å². The molecule has 0 fully saturated rings. The van der Waals surface area contributed by atoms with Crippen molar-refractivity contribution >= 4 is 34.3 Å². The molecule has 12 nitrogen and oxygen atoms in total. The number of nitrogens with zero attached hydrogens (tertiary/aromatic N) is 2. The fraction of sp³-hybridized carbons (Fsp3) is 0.238. The molecule has 33 heavy (non-hydrogen) atoms. The van der Waals surface area contributed by atoms with Crippen molar-refractivity contribution in [1.29, 1.82) is 0 Å². The summed E-state index contributed by atoms with van der Waals surface area (Å²) in [4.78, 5) is 64.7. The van der Waals surface area contributed by atoms with E-state index in [0.29, 0.717) is 24.1 Å². The van der Waals surface area contributed by atoms with Gasteiger partial charge in [0.15, 0.2) is 0 Å². The Hall–Kier alpha value is -4.32. The van der Waals surface area contributed by atoms with Crippen LogP contribution in [0, 0.1) is 10.1 Å². The maximum atomic E-state index is 13.2. The number of hydrogen-bond donors (Lipinski definition) is 4. The number of fused-ring (bicyclic) bond motifs is 2. The van der Waals surface area contributed by atoms with Crippen molar-refractivity contribution in [3.8, 4) is 0 Å². The van der Waals surface area contributed by atoms with Gasteiger partial charge in [0.2, 0.25) is 5.91 Å². The monoisotopic (exact) mass is 453 g/mol. The molecule has 0 aliphatic carbocycles. The third kappa shape index (κ3) is 4.36. The number of non-ortho nitro benzene ring substituents is 1. The van der Waals surface area contributed by atoms with Crippen LogP contribution >= 0.6 is 0 Å². The molecule has 1 aromatic heterocycles. The van der Waals surface area contributed by atoms with Crippen molar-refractivity contribution in [3.63, 3.8) is 0 Å². The number of aryl methyl sites for hydroxylation is 1. The first kappa shape index (κ1) is 21.9. The van der Waals surface area contributed by atoms with Crippen molar-refractivity contribution in [2.75, 3.05) is 11.4 Å². The van der Waals surface area contributed by atoms with E-state index in [1.807, 2.05) is 12.1 Å². The molecular weight excluding hydrogens is 434 g/mol. The minimum absolute atomic E-state index is 0.0478. The predicted molar refractivity (Wildman–Crippen MR) is 117 cm³/mol. The Kier molecular flexibility index (Phi) is 5.75. The van der Waals surface area contributed by atoms with E-state index in [1.165, 1.54) is 11.0 Å². The maximum Gasteiger partial charge on any atom is 0.323 e. The van der Waals surface area contributed by atoms with Crippen molar-refractivity contribution in [2.45, 2.75) is 25.4 Å². The second-order valence-electron chi connectivity index (χ2n) is 7.61. The van der Waals surface area contributed by atoms with E-state index in [4.69, 9.17) is 0 Å². The minimum Gasteiger partial charge on any atom is -0.480 e. The lowest BCUT2D eigenvalue weighted by Crippen LogP contribution is -2.47. The molecule has 0 radical (unpaired) electrons. The number of nitro groups is 1. The van der Waals surface area contributed by atoms with Gasteiger partial charge in [0, 0.05) is 24.4 Å². The number of hydrogen-bond acceptors (Lipinski definition) is 7. The highest BCUT2D eigenvalue weighted by Crippen LogP contribution is 2.27. The van der Waals surface area contributed by atoms with Crippen LogP contribution in [0.5, 0.6) is 0 Å². The number of anilines is 1. The molecule has 4 N–H and O–H groups in total. The number of rotatable bonds is 6. The first-order valence-corrected chi connectivity index (χ1v) is 10.0. The van der Waals surface area contributed by atoms with Crippen molar-refractivity contribution in [1.82, 2.24) is 15.3 Å². The number of benzene rings is 2. The predicted octanol–water partition coefficient (Wildman–Crippen LogP) is 0.647. The molecule has 0 spiro atoms. The molecule has 1 amide bonds. The number of aromatic amines is 2. The number of amides is 1. The van der Waals surface area contributed by atoms with Crippen LogP contribution in [0.25, 0.3) is 11.0 Å². The molecule has 12 heteroatoms. The van der Waals surface area contributed by atoms with Gasteiger partial charge in [0.25, 0.3) is 5.69 Å². The van der Waals surface area contributed by atoms with Crippen LogP contribution < -0.4 is 21.3 Å². The molecular formula is C21H19N5O7. The lowest BCUT2D eigenvalue weighted by atomic mass is 10.1. The standard InChI is InChI=1S/C21H19N5O7/c27-17(28)10-25-16-4-2-1-3-11(16)5-6-14(21(25)31)22-9-12-7-13(26(32)33)8-15-18(12)24-20(30)19(29)23-15/h1-4,7-8,14,22H,5-6,9-10H2,(H,23,29)(H,24,30)(H,27,28). The molecule has 1 aliphatic rings. The van der Waals surface area contributed by atoms with Crippen LogP contribution in [-0.2, 0) is 22.6 Å². The molecule has 0 saturated carbocycles. The fourth-order valence-electron chi connectivity index (χ4n) is 3.96. The topological polar surface area (TPSA) is 178 Å². The second-order valence-corrected chi connectivity index (χ2v) is 7.61. The summed E-state index contributed by atoms with van der Waals surface area (Å²) in [5, 5.41) is 23.7. The number of carbonyl (C=O) groups excluding carboxylic acids is 1. The largest absolute Gasteiger partial charge is 0.480 e. The third-order valence-corrected chi connectivity index (χ3v) is 5.49. The van der Waals surface area contributed by atoms with E-state index in [9.17, 15) is 34.4 Å². The van der Waals surface area contributed by atoms with E-state index in [0.717, 1.165) is 11.6 Å². The Labute approximate surface area is 185 Å². The highest BCUT2D eigenvalue weighted by molar-refractivity contribution is 6.01. The summed E-state index contributed by atoms with van der Waals surface area (Å²) in [6, 6.07) is 8.65. The zero-order valence-corrected chi connectivity index (χ0v) is 17.2. The van der Waals surface area contributed by atoms with Gasteiger partial charge in [-0.25, -0.2) is 0 Å². The van der Waals surface area contributed by atoms with Crippen LogP contribution in [0.15, 0.2) is 46.0 Å². The fourth-order valence-corrected chi connectivity index (χ4v) is 3.96.